The molecule has 1 aliphatic carbocycles. The van der Waals surface area contributed by atoms with Crippen LogP contribution in [0.3, 0.4) is 0 Å². The second-order valence-corrected chi connectivity index (χ2v) is 5.86. The van der Waals surface area contributed by atoms with Crippen LogP contribution >= 0.6 is 0 Å². The van der Waals surface area contributed by atoms with Crippen molar-refractivity contribution < 1.29 is 0 Å². The number of rotatable bonds is 6. The lowest BCUT2D eigenvalue weighted by Crippen LogP contribution is -2.22. The lowest BCUT2D eigenvalue weighted by molar-refractivity contribution is 0.495. The fourth-order valence-corrected chi connectivity index (χ4v) is 2.86. The zero-order chi connectivity index (χ0) is 13.9. The SMILES string of the molecule is CCNC(c1ccn(Cc2cncc(C)c2)c1)C1CC1. The first-order chi connectivity index (χ1) is 9.76. The average molecular weight is 269 g/mol. The topological polar surface area (TPSA) is 29.9 Å². The van der Waals surface area contributed by atoms with E-state index in [4.69, 9.17) is 0 Å². The van der Waals surface area contributed by atoms with E-state index in [1.165, 1.54) is 29.5 Å². The van der Waals surface area contributed by atoms with Crippen molar-refractivity contribution in [2.24, 2.45) is 5.92 Å². The van der Waals surface area contributed by atoms with Gasteiger partial charge in [0.05, 0.1) is 0 Å². The average Bonchev–Trinajstić information content (AvgIpc) is 3.16. The second kappa shape index (κ2) is 5.80. The number of nitrogens with zero attached hydrogens (tertiary/aromatic N) is 2. The van der Waals surface area contributed by atoms with Crippen molar-refractivity contribution in [1.29, 1.82) is 0 Å². The summed E-state index contributed by atoms with van der Waals surface area (Å²) in [5, 5.41) is 3.62. The van der Waals surface area contributed by atoms with E-state index in [1.54, 1.807) is 0 Å². The molecular weight excluding hydrogens is 246 g/mol. The van der Waals surface area contributed by atoms with Crippen LogP contribution in [-0.4, -0.2) is 16.1 Å². The lowest BCUT2D eigenvalue weighted by atomic mass is 10.1. The van der Waals surface area contributed by atoms with Gasteiger partial charge in [0.15, 0.2) is 0 Å². The molecule has 3 heteroatoms. The van der Waals surface area contributed by atoms with E-state index in [1.807, 2.05) is 12.4 Å². The van der Waals surface area contributed by atoms with Crippen LogP contribution in [0.15, 0.2) is 36.9 Å². The molecule has 0 spiro atoms. The molecule has 2 aromatic heterocycles. The minimum Gasteiger partial charge on any atom is -0.350 e. The Hall–Kier alpha value is -1.61. The van der Waals surface area contributed by atoms with Crippen LogP contribution in [0.5, 0.6) is 0 Å². The summed E-state index contributed by atoms with van der Waals surface area (Å²) in [6.07, 6.45) is 11.1. The van der Waals surface area contributed by atoms with Gasteiger partial charge in [-0.1, -0.05) is 13.0 Å². The number of hydrogen-bond donors (Lipinski definition) is 1. The maximum Gasteiger partial charge on any atom is 0.0485 e. The molecule has 0 radical (unpaired) electrons. The molecule has 1 N–H and O–H groups in total. The molecule has 3 rings (SSSR count). The largest absolute Gasteiger partial charge is 0.350 e. The fraction of sp³-hybridized carbons (Fsp3) is 0.471. The Labute approximate surface area is 121 Å². The summed E-state index contributed by atoms with van der Waals surface area (Å²) < 4.78 is 2.26. The van der Waals surface area contributed by atoms with Crippen molar-refractivity contribution in [3.8, 4) is 0 Å². The first-order valence-electron chi connectivity index (χ1n) is 7.56. The van der Waals surface area contributed by atoms with Gasteiger partial charge in [0.2, 0.25) is 0 Å². The summed E-state index contributed by atoms with van der Waals surface area (Å²) in [7, 11) is 0. The maximum atomic E-state index is 4.26. The van der Waals surface area contributed by atoms with E-state index in [0.717, 1.165) is 19.0 Å². The van der Waals surface area contributed by atoms with Gasteiger partial charge in [-0.05, 0) is 55.0 Å². The van der Waals surface area contributed by atoms with Gasteiger partial charge in [0.25, 0.3) is 0 Å². The Bertz CT molecular complexity index is 569. The highest BCUT2D eigenvalue weighted by Gasteiger charge is 2.31. The molecule has 1 aliphatic rings. The number of hydrogen-bond acceptors (Lipinski definition) is 2. The van der Waals surface area contributed by atoms with Crippen LogP contribution in [0, 0.1) is 12.8 Å². The third-order valence-corrected chi connectivity index (χ3v) is 3.95. The van der Waals surface area contributed by atoms with Gasteiger partial charge in [0.1, 0.15) is 0 Å². The Balaban J connectivity index is 1.72. The van der Waals surface area contributed by atoms with Crippen LogP contribution < -0.4 is 5.32 Å². The normalized spacial score (nSPS) is 16.3. The minimum atomic E-state index is 0.539. The Morgan fingerprint density at radius 3 is 2.95 bits per heavy atom. The summed E-state index contributed by atoms with van der Waals surface area (Å²) in [5.41, 5.74) is 3.91. The summed E-state index contributed by atoms with van der Waals surface area (Å²) >= 11 is 0. The molecule has 1 atom stereocenters. The number of nitrogens with one attached hydrogen (secondary N) is 1. The minimum absolute atomic E-state index is 0.539. The van der Waals surface area contributed by atoms with Crippen molar-refractivity contribution in [2.75, 3.05) is 6.54 Å². The van der Waals surface area contributed by atoms with E-state index in [2.05, 4.69) is 53.2 Å². The fourth-order valence-electron chi connectivity index (χ4n) is 2.86. The quantitative estimate of drug-likeness (QED) is 0.872. The van der Waals surface area contributed by atoms with Crippen molar-refractivity contribution in [1.82, 2.24) is 14.9 Å². The first-order valence-corrected chi connectivity index (χ1v) is 7.56. The van der Waals surface area contributed by atoms with Crippen molar-refractivity contribution in [2.45, 2.75) is 39.3 Å². The van der Waals surface area contributed by atoms with Gasteiger partial charge in [-0.2, -0.15) is 0 Å². The zero-order valence-electron chi connectivity index (χ0n) is 12.3. The van der Waals surface area contributed by atoms with E-state index >= 15 is 0 Å². The monoisotopic (exact) mass is 269 g/mol. The van der Waals surface area contributed by atoms with Crippen LogP contribution in [0.2, 0.25) is 0 Å². The number of pyridine rings is 1. The van der Waals surface area contributed by atoms with Crippen molar-refractivity contribution >= 4 is 0 Å². The Morgan fingerprint density at radius 1 is 1.40 bits per heavy atom. The van der Waals surface area contributed by atoms with Gasteiger partial charge in [-0.25, -0.2) is 0 Å². The van der Waals surface area contributed by atoms with Crippen LogP contribution in [0.4, 0.5) is 0 Å². The molecule has 2 aromatic rings. The standard InChI is InChI=1S/C17H23N3/c1-3-19-17(15-4-5-15)16-6-7-20(12-16)11-14-8-13(2)9-18-10-14/h6-10,12,15,17,19H,3-5,11H2,1-2H3. The summed E-state index contributed by atoms with van der Waals surface area (Å²) in [5.74, 6) is 0.839. The van der Waals surface area contributed by atoms with Gasteiger partial charge < -0.3 is 9.88 Å². The molecule has 0 saturated heterocycles. The molecule has 1 saturated carbocycles. The molecule has 106 valence electrons. The third-order valence-electron chi connectivity index (χ3n) is 3.95. The van der Waals surface area contributed by atoms with E-state index < -0.39 is 0 Å². The Kier molecular flexibility index (Phi) is 3.88. The number of aryl methyl sites for hydroxylation is 1. The van der Waals surface area contributed by atoms with Gasteiger partial charge in [-0.15, -0.1) is 0 Å². The molecular formula is C17H23N3. The Morgan fingerprint density at radius 2 is 2.25 bits per heavy atom. The smallest absolute Gasteiger partial charge is 0.0485 e. The molecule has 2 heterocycles. The van der Waals surface area contributed by atoms with Crippen molar-refractivity contribution in [3.63, 3.8) is 0 Å². The highest BCUT2D eigenvalue weighted by Crippen LogP contribution is 2.41. The molecule has 1 unspecified atom stereocenters. The zero-order valence-corrected chi connectivity index (χ0v) is 12.3. The molecule has 0 bridgehead atoms. The van der Waals surface area contributed by atoms with Gasteiger partial charge in [0, 0.05) is 37.4 Å². The molecule has 0 aliphatic heterocycles. The third kappa shape index (κ3) is 3.10. The molecule has 0 aromatic carbocycles. The van der Waals surface area contributed by atoms with E-state index in [-0.39, 0.29) is 0 Å². The lowest BCUT2D eigenvalue weighted by Gasteiger charge is -2.15. The molecule has 20 heavy (non-hydrogen) atoms. The van der Waals surface area contributed by atoms with E-state index in [0.29, 0.717) is 6.04 Å². The summed E-state index contributed by atoms with van der Waals surface area (Å²) in [4.78, 5) is 4.26. The second-order valence-electron chi connectivity index (χ2n) is 5.86. The highest BCUT2D eigenvalue weighted by atomic mass is 15.0. The van der Waals surface area contributed by atoms with Crippen molar-refractivity contribution in [3.05, 3.63) is 53.6 Å². The van der Waals surface area contributed by atoms with Gasteiger partial charge in [-0.3, -0.25) is 4.98 Å². The summed E-state index contributed by atoms with van der Waals surface area (Å²) in [6.45, 7) is 6.21. The first kappa shape index (κ1) is 13.4. The van der Waals surface area contributed by atoms with E-state index in [9.17, 15) is 0 Å². The van der Waals surface area contributed by atoms with Crippen LogP contribution in [0.25, 0.3) is 0 Å². The van der Waals surface area contributed by atoms with Crippen LogP contribution in [0.1, 0.15) is 42.5 Å². The van der Waals surface area contributed by atoms with Gasteiger partial charge >= 0.3 is 0 Å². The number of aromatic nitrogens is 2. The molecule has 3 nitrogen and oxygen atoms in total. The highest BCUT2D eigenvalue weighted by molar-refractivity contribution is 5.21. The molecule has 0 amide bonds. The molecule has 1 fully saturated rings. The maximum absolute atomic E-state index is 4.26. The summed E-state index contributed by atoms with van der Waals surface area (Å²) in [6, 6.07) is 5.00. The predicted molar refractivity (Wildman–Crippen MR) is 81.6 cm³/mol. The van der Waals surface area contributed by atoms with Crippen LogP contribution in [-0.2, 0) is 6.54 Å². The predicted octanol–water partition coefficient (Wildman–Crippen LogP) is 3.30.